The molecule has 45 heavy (non-hydrogen) atoms. The van der Waals surface area contributed by atoms with Gasteiger partial charge in [-0.25, -0.2) is 0 Å². The van der Waals surface area contributed by atoms with Crippen LogP contribution in [0.15, 0.2) is 91.1 Å². The van der Waals surface area contributed by atoms with E-state index in [0.717, 1.165) is 10.9 Å². The lowest BCUT2D eigenvalue weighted by Crippen LogP contribution is -2.54. The minimum Gasteiger partial charge on any atom is -0.391 e. The Morgan fingerprint density at radius 1 is 0.800 bits per heavy atom. The number of amides is 4. The third kappa shape index (κ3) is 9.20. The second-order valence-corrected chi connectivity index (χ2v) is 12.0. The normalized spacial score (nSPS) is 13.3. The number of hydrogen-bond acceptors (Lipinski definition) is 6. The molecule has 0 saturated heterocycles. The van der Waals surface area contributed by atoms with Gasteiger partial charge in [-0.1, -0.05) is 66.7 Å². The lowest BCUT2D eigenvalue weighted by molar-refractivity contribution is -0.128. The summed E-state index contributed by atoms with van der Waals surface area (Å²) in [5.74, 6) is -2.35. The highest BCUT2D eigenvalue weighted by Crippen LogP contribution is 2.18. The predicted octanol–water partition coefficient (Wildman–Crippen LogP) is 3.07. The summed E-state index contributed by atoms with van der Waals surface area (Å²) in [6.45, 7) is 5.64. The van der Waals surface area contributed by atoms with E-state index in [2.05, 4.69) is 20.9 Å². The minimum atomic E-state index is -1.32. The van der Waals surface area contributed by atoms with Gasteiger partial charge in [0.2, 0.25) is 11.8 Å². The fourth-order valence-electron chi connectivity index (χ4n) is 5.06. The first-order valence-electron chi connectivity index (χ1n) is 14.8. The smallest absolute Gasteiger partial charge is 0.254 e. The van der Waals surface area contributed by atoms with Crippen LogP contribution in [0.1, 0.15) is 59.0 Å². The van der Waals surface area contributed by atoms with Crippen LogP contribution < -0.4 is 21.7 Å². The van der Waals surface area contributed by atoms with E-state index >= 15 is 0 Å². The summed E-state index contributed by atoms with van der Waals surface area (Å²) in [7, 11) is 0. The predicted molar refractivity (Wildman–Crippen MR) is 172 cm³/mol. The zero-order chi connectivity index (χ0) is 32.6. The van der Waals surface area contributed by atoms with Gasteiger partial charge in [-0.15, -0.1) is 0 Å². The van der Waals surface area contributed by atoms with E-state index in [1.54, 1.807) is 48.7 Å². The molecular weight excluding hydrogens is 570 g/mol. The van der Waals surface area contributed by atoms with Crippen molar-refractivity contribution in [3.63, 3.8) is 0 Å². The molecule has 0 unspecified atom stereocenters. The van der Waals surface area contributed by atoms with Crippen LogP contribution in [0, 0.1) is 0 Å². The summed E-state index contributed by atoms with van der Waals surface area (Å²) in [4.78, 5) is 56.3. The summed E-state index contributed by atoms with van der Waals surface area (Å²) in [6.07, 6.45) is 0.270. The Morgan fingerprint density at radius 3 is 2.18 bits per heavy atom. The highest BCUT2D eigenvalue weighted by molar-refractivity contribution is 6.07. The molecule has 4 rings (SSSR count). The van der Waals surface area contributed by atoms with Gasteiger partial charge in [-0.05, 0) is 56.5 Å². The Bertz CT molecular complexity index is 1660. The van der Waals surface area contributed by atoms with E-state index in [4.69, 9.17) is 5.73 Å². The van der Waals surface area contributed by atoms with Crippen molar-refractivity contribution in [2.75, 3.05) is 0 Å². The highest BCUT2D eigenvalue weighted by atomic mass is 16.3. The molecule has 0 saturated carbocycles. The van der Waals surface area contributed by atoms with Gasteiger partial charge in [0.1, 0.15) is 6.04 Å². The Balaban J connectivity index is 1.58. The van der Waals surface area contributed by atoms with Gasteiger partial charge in [0.25, 0.3) is 11.8 Å². The van der Waals surface area contributed by atoms with Crippen LogP contribution >= 0.6 is 0 Å². The second kappa shape index (κ2) is 14.6. The molecule has 4 aromatic rings. The zero-order valence-electron chi connectivity index (χ0n) is 25.6. The number of pyridine rings is 1. The molecule has 234 valence electrons. The molecule has 0 bridgehead atoms. The van der Waals surface area contributed by atoms with Crippen molar-refractivity contribution >= 4 is 34.5 Å². The van der Waals surface area contributed by atoms with Crippen LogP contribution in [0.4, 0.5) is 0 Å². The molecule has 10 nitrogen and oxygen atoms in total. The monoisotopic (exact) mass is 609 g/mol. The van der Waals surface area contributed by atoms with Gasteiger partial charge in [-0.2, -0.15) is 0 Å². The maximum absolute atomic E-state index is 13.7. The zero-order valence-corrected chi connectivity index (χ0v) is 25.6. The number of fused-ring (bicyclic) bond motifs is 1. The summed E-state index contributed by atoms with van der Waals surface area (Å²) in [5, 5.41) is 20.7. The molecule has 0 aliphatic heterocycles. The molecule has 3 atom stereocenters. The number of hydrogen-bond donors (Lipinski definition) is 5. The highest BCUT2D eigenvalue weighted by Gasteiger charge is 2.30. The fraction of sp³-hybridized carbons (Fsp3) is 0.286. The Morgan fingerprint density at radius 2 is 1.47 bits per heavy atom. The van der Waals surface area contributed by atoms with Crippen molar-refractivity contribution < 1.29 is 24.3 Å². The molecule has 0 fully saturated rings. The van der Waals surface area contributed by atoms with E-state index in [-0.39, 0.29) is 24.3 Å². The van der Waals surface area contributed by atoms with E-state index in [0.29, 0.717) is 16.6 Å². The average molecular weight is 610 g/mol. The first kappa shape index (κ1) is 32.8. The summed E-state index contributed by atoms with van der Waals surface area (Å²) >= 11 is 0. The molecule has 0 aliphatic rings. The molecule has 1 aromatic heterocycles. The van der Waals surface area contributed by atoms with E-state index < -0.39 is 47.9 Å². The number of carbonyl (C=O) groups is 4. The number of benzene rings is 3. The van der Waals surface area contributed by atoms with Crippen molar-refractivity contribution in [1.29, 1.82) is 0 Å². The van der Waals surface area contributed by atoms with Gasteiger partial charge in [0, 0.05) is 29.1 Å². The fourth-order valence-corrected chi connectivity index (χ4v) is 5.06. The number of rotatable bonds is 12. The topological polar surface area (TPSA) is 164 Å². The number of nitrogens with one attached hydrogen (secondary N) is 3. The lowest BCUT2D eigenvalue weighted by atomic mass is 9.93. The lowest BCUT2D eigenvalue weighted by Gasteiger charge is -2.28. The van der Waals surface area contributed by atoms with Crippen molar-refractivity contribution in [2.45, 2.75) is 63.8 Å². The first-order chi connectivity index (χ1) is 21.4. The number of carbonyl (C=O) groups excluding carboxylic acids is 4. The number of nitrogens with zero attached hydrogens (tertiary/aromatic N) is 1. The molecule has 1 heterocycles. The minimum absolute atomic E-state index is 0.0556. The molecule has 3 aromatic carbocycles. The Kier molecular flexibility index (Phi) is 10.6. The van der Waals surface area contributed by atoms with Crippen molar-refractivity contribution in [3.8, 4) is 0 Å². The van der Waals surface area contributed by atoms with Crippen LogP contribution in [0.3, 0.4) is 0 Å². The molecule has 0 radical (unpaired) electrons. The van der Waals surface area contributed by atoms with Crippen molar-refractivity contribution in [2.24, 2.45) is 5.73 Å². The quantitative estimate of drug-likeness (QED) is 0.166. The number of aliphatic hydroxyl groups is 1. The number of aliphatic hydroxyl groups excluding tert-OH is 1. The third-order valence-corrected chi connectivity index (χ3v) is 7.17. The molecule has 0 spiro atoms. The molecule has 4 amide bonds. The van der Waals surface area contributed by atoms with E-state index in [1.807, 2.05) is 63.2 Å². The van der Waals surface area contributed by atoms with Crippen molar-refractivity contribution in [1.82, 2.24) is 20.9 Å². The number of nitrogens with two attached hydrogens (primary N) is 1. The van der Waals surface area contributed by atoms with Crippen LogP contribution in [-0.4, -0.2) is 57.4 Å². The third-order valence-electron chi connectivity index (χ3n) is 7.17. The Hall–Kier alpha value is -5.09. The molecular formula is C35H39N5O5. The van der Waals surface area contributed by atoms with E-state index in [1.165, 1.54) is 0 Å². The SMILES string of the molecule is CC(C)(C)NC(=O)c1ccccc1C[C@@H](O)[C@H](Cc1ccccc1)NC(=O)[C@H](CC(N)=O)NC(=O)c1cccc2cccnc12. The second-order valence-electron chi connectivity index (χ2n) is 12.0. The van der Waals surface area contributed by atoms with Crippen LogP contribution in [0.25, 0.3) is 10.9 Å². The summed E-state index contributed by atoms with van der Waals surface area (Å²) in [5.41, 5.74) is 7.55. The number of primary amides is 1. The first-order valence-corrected chi connectivity index (χ1v) is 14.8. The van der Waals surface area contributed by atoms with Gasteiger partial charge >= 0.3 is 0 Å². The van der Waals surface area contributed by atoms with Crippen molar-refractivity contribution in [3.05, 3.63) is 113 Å². The molecule has 0 aliphatic carbocycles. The standard InChI is InChI=1S/C35H39N5O5/c1-35(2,3)40-33(44)25-16-8-7-13-24(25)20-29(41)27(19-22-11-5-4-6-12-22)38-34(45)28(21-30(36)42)39-32(43)26-17-9-14-23-15-10-18-37-31(23)26/h4-18,27-29,41H,19-21H2,1-3H3,(H2,36,42)(H,38,45)(H,39,43)(H,40,44)/t27-,28-,29+/m0/s1. The maximum Gasteiger partial charge on any atom is 0.254 e. The largest absolute Gasteiger partial charge is 0.391 e. The maximum atomic E-state index is 13.7. The van der Waals surface area contributed by atoms with Crippen LogP contribution in [0.2, 0.25) is 0 Å². The molecule has 10 heteroatoms. The van der Waals surface area contributed by atoms with Gasteiger partial charge in [0.15, 0.2) is 0 Å². The summed E-state index contributed by atoms with van der Waals surface area (Å²) < 4.78 is 0. The van der Waals surface area contributed by atoms with Gasteiger partial charge in [-0.3, -0.25) is 24.2 Å². The van der Waals surface area contributed by atoms with Crippen LogP contribution in [0.5, 0.6) is 0 Å². The summed E-state index contributed by atoms with van der Waals surface area (Å²) in [6, 6.07) is 22.8. The van der Waals surface area contributed by atoms with Gasteiger partial charge < -0.3 is 26.8 Å². The van der Waals surface area contributed by atoms with Gasteiger partial charge in [0.05, 0.1) is 29.6 Å². The average Bonchev–Trinajstić information content (AvgIpc) is 2.99. The number of para-hydroxylation sites is 1. The van der Waals surface area contributed by atoms with E-state index in [9.17, 15) is 24.3 Å². The number of aromatic nitrogens is 1. The van der Waals surface area contributed by atoms with Crippen LogP contribution in [-0.2, 0) is 22.4 Å². The Labute approximate surface area is 262 Å². The molecule has 6 N–H and O–H groups in total.